The van der Waals surface area contributed by atoms with Crippen molar-refractivity contribution in [2.45, 2.75) is 25.4 Å². The fraction of sp³-hybridized carbons (Fsp3) is 0.500. The molecule has 0 aliphatic carbocycles. The van der Waals surface area contributed by atoms with Crippen molar-refractivity contribution < 1.29 is 9.13 Å². The first kappa shape index (κ1) is 10.3. The highest BCUT2D eigenvalue weighted by atomic mass is 19.1. The quantitative estimate of drug-likeness (QED) is 0.808. The van der Waals surface area contributed by atoms with Crippen LogP contribution in [0.1, 0.15) is 25.3 Å². The number of para-hydroxylation sites is 1. The van der Waals surface area contributed by atoms with Crippen molar-refractivity contribution in [3.8, 4) is 5.75 Å². The number of nitrogens with one attached hydrogen (secondary N) is 1. The summed E-state index contributed by atoms with van der Waals surface area (Å²) in [6.45, 7) is 3.88. The summed E-state index contributed by atoms with van der Waals surface area (Å²) in [7, 11) is 1.63. The van der Waals surface area contributed by atoms with Crippen LogP contribution >= 0.6 is 0 Å². The molecule has 0 amide bonds. The highest BCUT2D eigenvalue weighted by molar-refractivity contribution is 5.67. The fourth-order valence-electron chi connectivity index (χ4n) is 2.12. The number of methoxy groups -OCH3 is 1. The van der Waals surface area contributed by atoms with Gasteiger partial charge in [0, 0.05) is 12.5 Å². The molecule has 1 unspecified atom stereocenters. The Kier molecular flexibility index (Phi) is 2.33. The molecule has 1 aliphatic rings. The summed E-state index contributed by atoms with van der Waals surface area (Å²) in [5, 5.41) is 3.21. The Morgan fingerprint density at radius 1 is 1.47 bits per heavy atom. The Balaban J connectivity index is 2.44. The van der Waals surface area contributed by atoms with E-state index in [2.05, 4.69) is 5.32 Å². The second-order valence-electron chi connectivity index (χ2n) is 4.42. The average Bonchev–Trinajstić information content (AvgIpc) is 2.59. The van der Waals surface area contributed by atoms with Gasteiger partial charge in [-0.05, 0) is 25.5 Å². The summed E-state index contributed by atoms with van der Waals surface area (Å²) in [6.07, 6.45) is 0. The van der Waals surface area contributed by atoms with Crippen molar-refractivity contribution >= 4 is 5.69 Å². The van der Waals surface area contributed by atoms with Crippen molar-refractivity contribution in [2.75, 3.05) is 19.0 Å². The summed E-state index contributed by atoms with van der Waals surface area (Å²) in [6, 6.07) is 5.76. The first-order valence-corrected chi connectivity index (χ1v) is 5.13. The van der Waals surface area contributed by atoms with E-state index in [1.807, 2.05) is 18.2 Å². The van der Waals surface area contributed by atoms with Gasteiger partial charge < -0.3 is 10.1 Å². The second-order valence-corrected chi connectivity index (χ2v) is 4.42. The van der Waals surface area contributed by atoms with E-state index in [1.165, 1.54) is 0 Å². The van der Waals surface area contributed by atoms with Crippen LogP contribution in [0.25, 0.3) is 0 Å². The minimum Gasteiger partial charge on any atom is -0.495 e. The van der Waals surface area contributed by atoms with Gasteiger partial charge in [0.2, 0.25) is 0 Å². The number of hydrogen-bond donors (Lipinski definition) is 1. The summed E-state index contributed by atoms with van der Waals surface area (Å²) < 4.78 is 19.2. The van der Waals surface area contributed by atoms with E-state index in [9.17, 15) is 4.39 Å². The number of ether oxygens (including phenoxy) is 1. The molecule has 1 atom stereocenters. The molecule has 0 aromatic heterocycles. The summed E-state index contributed by atoms with van der Waals surface area (Å²) >= 11 is 0. The molecule has 0 bridgehead atoms. The maximum absolute atomic E-state index is 13.9. The van der Waals surface area contributed by atoms with Crippen molar-refractivity contribution in [3.63, 3.8) is 0 Å². The number of halogens is 1. The zero-order valence-corrected chi connectivity index (χ0v) is 9.30. The van der Waals surface area contributed by atoms with Gasteiger partial charge in [0.25, 0.3) is 0 Å². The zero-order chi connectivity index (χ0) is 11.1. The molecule has 1 heterocycles. The van der Waals surface area contributed by atoms with Gasteiger partial charge in [-0.3, -0.25) is 0 Å². The highest BCUT2D eigenvalue weighted by Gasteiger charge is 2.36. The third-order valence-electron chi connectivity index (χ3n) is 2.97. The number of benzene rings is 1. The lowest BCUT2D eigenvalue weighted by atomic mass is 9.88. The van der Waals surface area contributed by atoms with Crippen LogP contribution < -0.4 is 10.1 Å². The molecule has 1 aliphatic heterocycles. The molecule has 3 heteroatoms. The number of alkyl halides is 1. The van der Waals surface area contributed by atoms with Crippen LogP contribution in [0.3, 0.4) is 0 Å². The lowest BCUT2D eigenvalue weighted by molar-refractivity contribution is 0.180. The normalized spacial score (nSPS) is 19.6. The standard InChI is InChI=1S/C12H16FNO/c1-12(2,13)9-7-14-11-8(9)5-4-6-10(11)15-3/h4-6,9,14H,7H2,1-3H3. The van der Waals surface area contributed by atoms with Gasteiger partial charge in [-0.15, -0.1) is 0 Å². The molecule has 2 rings (SSSR count). The van der Waals surface area contributed by atoms with Gasteiger partial charge in [-0.2, -0.15) is 0 Å². The maximum atomic E-state index is 13.9. The second kappa shape index (κ2) is 3.40. The van der Waals surface area contributed by atoms with Crippen LogP contribution in [0, 0.1) is 0 Å². The van der Waals surface area contributed by atoms with Gasteiger partial charge >= 0.3 is 0 Å². The van der Waals surface area contributed by atoms with E-state index in [1.54, 1.807) is 21.0 Å². The predicted octanol–water partition coefficient (Wildman–Crippen LogP) is 2.95. The van der Waals surface area contributed by atoms with Crippen LogP contribution in [0.4, 0.5) is 10.1 Å². The first-order chi connectivity index (χ1) is 7.04. The molecule has 82 valence electrons. The van der Waals surface area contributed by atoms with Gasteiger partial charge in [0.15, 0.2) is 0 Å². The van der Waals surface area contributed by atoms with Crippen LogP contribution in [-0.2, 0) is 0 Å². The lowest BCUT2D eigenvalue weighted by Crippen LogP contribution is -2.25. The number of anilines is 1. The number of fused-ring (bicyclic) bond motifs is 1. The Morgan fingerprint density at radius 2 is 2.20 bits per heavy atom. The van der Waals surface area contributed by atoms with Gasteiger partial charge in [0.05, 0.1) is 12.8 Å². The molecular weight excluding hydrogens is 193 g/mol. The SMILES string of the molecule is COc1cccc2c1NCC2C(C)(C)F. The molecule has 0 saturated heterocycles. The molecule has 1 N–H and O–H groups in total. The Labute approximate surface area is 89.4 Å². The van der Waals surface area contributed by atoms with E-state index in [0.717, 1.165) is 17.0 Å². The molecule has 0 spiro atoms. The predicted molar refractivity (Wildman–Crippen MR) is 59.4 cm³/mol. The van der Waals surface area contributed by atoms with E-state index >= 15 is 0 Å². The molecule has 0 fully saturated rings. The molecule has 1 aromatic rings. The van der Waals surface area contributed by atoms with E-state index in [0.29, 0.717) is 6.54 Å². The summed E-state index contributed by atoms with van der Waals surface area (Å²) in [4.78, 5) is 0. The van der Waals surface area contributed by atoms with Crippen LogP contribution in [0.15, 0.2) is 18.2 Å². The van der Waals surface area contributed by atoms with Crippen molar-refractivity contribution in [1.82, 2.24) is 0 Å². The Hall–Kier alpha value is -1.25. The third-order valence-corrected chi connectivity index (χ3v) is 2.97. The van der Waals surface area contributed by atoms with Crippen molar-refractivity contribution in [2.24, 2.45) is 0 Å². The van der Waals surface area contributed by atoms with Crippen LogP contribution in [-0.4, -0.2) is 19.3 Å². The van der Waals surface area contributed by atoms with E-state index in [4.69, 9.17) is 4.74 Å². The molecule has 0 saturated carbocycles. The smallest absolute Gasteiger partial charge is 0.142 e. The third kappa shape index (κ3) is 1.66. The van der Waals surface area contributed by atoms with Gasteiger partial charge in [-0.25, -0.2) is 4.39 Å². The van der Waals surface area contributed by atoms with Crippen molar-refractivity contribution in [1.29, 1.82) is 0 Å². The van der Waals surface area contributed by atoms with Gasteiger partial charge in [0.1, 0.15) is 11.4 Å². The van der Waals surface area contributed by atoms with Crippen molar-refractivity contribution in [3.05, 3.63) is 23.8 Å². The molecule has 1 aromatic carbocycles. The van der Waals surface area contributed by atoms with E-state index in [-0.39, 0.29) is 5.92 Å². The molecular formula is C12H16FNO. The lowest BCUT2D eigenvalue weighted by Gasteiger charge is -2.22. The molecule has 2 nitrogen and oxygen atoms in total. The number of rotatable bonds is 2. The topological polar surface area (TPSA) is 21.3 Å². The van der Waals surface area contributed by atoms with E-state index < -0.39 is 5.67 Å². The van der Waals surface area contributed by atoms with Crippen LogP contribution in [0.2, 0.25) is 0 Å². The molecule has 0 radical (unpaired) electrons. The monoisotopic (exact) mass is 209 g/mol. The summed E-state index contributed by atoms with van der Waals surface area (Å²) in [5.74, 6) is 0.696. The minimum absolute atomic E-state index is 0.0948. The van der Waals surface area contributed by atoms with Crippen LogP contribution in [0.5, 0.6) is 5.75 Å². The average molecular weight is 209 g/mol. The number of hydrogen-bond acceptors (Lipinski definition) is 2. The van der Waals surface area contributed by atoms with Gasteiger partial charge in [-0.1, -0.05) is 12.1 Å². The maximum Gasteiger partial charge on any atom is 0.142 e. The summed E-state index contributed by atoms with van der Waals surface area (Å²) in [5.41, 5.74) is 0.752. The highest BCUT2D eigenvalue weighted by Crippen LogP contribution is 2.44. The Bertz CT molecular complexity index is 370. The largest absolute Gasteiger partial charge is 0.495 e. The Morgan fingerprint density at radius 3 is 2.80 bits per heavy atom. The minimum atomic E-state index is -1.20. The first-order valence-electron chi connectivity index (χ1n) is 5.13. The molecule has 15 heavy (non-hydrogen) atoms. The fourth-order valence-corrected chi connectivity index (χ4v) is 2.12. The zero-order valence-electron chi connectivity index (χ0n) is 9.30.